The largest absolute Gasteiger partial charge is 0.354 e. The summed E-state index contributed by atoms with van der Waals surface area (Å²) >= 11 is 0. The summed E-state index contributed by atoms with van der Waals surface area (Å²) in [6.45, 7) is 0.0603. The first-order valence-electron chi connectivity index (χ1n) is 3.48. The first-order chi connectivity index (χ1) is 5.92. The Bertz CT molecular complexity index is 303. The van der Waals surface area contributed by atoms with Crippen LogP contribution in [-0.2, 0) is 14.8 Å². The molecule has 0 aromatic heterocycles. The lowest BCUT2D eigenvalue weighted by atomic mass is 10.3. The quantitative estimate of drug-likeness (QED) is 0.633. The molecule has 0 spiro atoms. The van der Waals surface area contributed by atoms with Crippen molar-refractivity contribution in [3.8, 4) is 0 Å². The molecule has 1 rings (SSSR count). The van der Waals surface area contributed by atoms with E-state index in [2.05, 4.69) is 5.32 Å². The first kappa shape index (κ1) is 10.3. The molecule has 1 fully saturated rings. The van der Waals surface area contributed by atoms with Crippen LogP contribution in [0.25, 0.3) is 0 Å². The van der Waals surface area contributed by atoms with E-state index in [9.17, 15) is 22.0 Å². The Hall–Kier alpha value is -0.760. The molecule has 0 aliphatic carbocycles. The fourth-order valence-electron chi connectivity index (χ4n) is 0.972. The highest BCUT2D eigenvalue weighted by atomic mass is 32.2. The predicted octanol–water partition coefficient (Wildman–Crippen LogP) is -0.983. The van der Waals surface area contributed by atoms with Gasteiger partial charge in [0.05, 0.1) is 0 Å². The zero-order valence-corrected chi connectivity index (χ0v) is 7.27. The molecule has 0 saturated carbocycles. The Morgan fingerprint density at radius 2 is 2.15 bits per heavy atom. The maximum Gasteiger partial charge on any atom is 0.350 e. The SMILES string of the molecule is O=C1CC(NS(=O)(=O)C(F)F)CN1. The van der Waals surface area contributed by atoms with E-state index in [1.807, 2.05) is 0 Å². The van der Waals surface area contributed by atoms with Gasteiger partial charge in [-0.3, -0.25) is 4.79 Å². The molecule has 2 N–H and O–H groups in total. The molecule has 0 aromatic rings. The minimum atomic E-state index is -4.58. The third kappa shape index (κ3) is 2.59. The summed E-state index contributed by atoms with van der Waals surface area (Å²) in [6, 6.07) is -0.758. The van der Waals surface area contributed by atoms with E-state index in [-0.39, 0.29) is 18.9 Å². The zero-order valence-electron chi connectivity index (χ0n) is 6.46. The summed E-state index contributed by atoms with van der Waals surface area (Å²) in [5.41, 5.74) is 0. The van der Waals surface area contributed by atoms with Gasteiger partial charge in [0.25, 0.3) is 10.0 Å². The first-order valence-corrected chi connectivity index (χ1v) is 5.02. The van der Waals surface area contributed by atoms with Gasteiger partial charge in [0.1, 0.15) is 0 Å². The Morgan fingerprint density at radius 3 is 2.54 bits per heavy atom. The average molecular weight is 214 g/mol. The lowest BCUT2D eigenvalue weighted by Crippen LogP contribution is -2.39. The molecule has 5 nitrogen and oxygen atoms in total. The molecule has 1 amide bonds. The topological polar surface area (TPSA) is 75.3 Å². The number of alkyl halides is 2. The number of hydrogen-bond donors (Lipinski definition) is 2. The van der Waals surface area contributed by atoms with Crippen LogP contribution in [0.4, 0.5) is 8.78 Å². The number of amides is 1. The van der Waals surface area contributed by atoms with Crippen molar-refractivity contribution < 1.29 is 22.0 Å². The Morgan fingerprint density at radius 1 is 1.54 bits per heavy atom. The van der Waals surface area contributed by atoms with Gasteiger partial charge < -0.3 is 5.32 Å². The Balaban J connectivity index is 2.55. The summed E-state index contributed by atoms with van der Waals surface area (Å²) in [5, 5.41) is 2.32. The molecule has 76 valence electrons. The number of nitrogens with one attached hydrogen (secondary N) is 2. The van der Waals surface area contributed by atoms with Crippen LogP contribution < -0.4 is 10.0 Å². The number of carbonyl (C=O) groups excluding carboxylic acids is 1. The Labute approximate surface area is 73.5 Å². The second-order valence-corrected chi connectivity index (χ2v) is 4.31. The van der Waals surface area contributed by atoms with Crippen molar-refractivity contribution in [1.82, 2.24) is 10.0 Å². The van der Waals surface area contributed by atoms with Gasteiger partial charge in [-0.1, -0.05) is 0 Å². The van der Waals surface area contributed by atoms with Crippen molar-refractivity contribution in [2.45, 2.75) is 18.2 Å². The van der Waals surface area contributed by atoms with Crippen LogP contribution in [0.1, 0.15) is 6.42 Å². The minimum Gasteiger partial charge on any atom is -0.354 e. The molecular formula is C5H8F2N2O3S. The van der Waals surface area contributed by atoms with Gasteiger partial charge in [-0.25, -0.2) is 13.1 Å². The monoisotopic (exact) mass is 214 g/mol. The van der Waals surface area contributed by atoms with Crippen molar-refractivity contribution in [2.24, 2.45) is 0 Å². The fourth-order valence-corrected chi connectivity index (χ4v) is 1.71. The highest BCUT2D eigenvalue weighted by Gasteiger charge is 2.31. The highest BCUT2D eigenvalue weighted by Crippen LogP contribution is 2.06. The zero-order chi connectivity index (χ0) is 10.1. The third-order valence-corrected chi connectivity index (χ3v) is 2.67. The normalized spacial score (nSPS) is 23.6. The predicted molar refractivity (Wildman–Crippen MR) is 39.5 cm³/mol. The molecule has 1 saturated heterocycles. The van der Waals surface area contributed by atoms with E-state index in [1.165, 1.54) is 0 Å². The molecule has 1 atom stereocenters. The van der Waals surface area contributed by atoms with E-state index in [0.29, 0.717) is 0 Å². The van der Waals surface area contributed by atoms with E-state index in [0.717, 1.165) is 0 Å². The molecule has 13 heavy (non-hydrogen) atoms. The molecule has 1 aliphatic heterocycles. The van der Waals surface area contributed by atoms with Crippen molar-refractivity contribution in [2.75, 3.05) is 6.54 Å². The van der Waals surface area contributed by atoms with E-state index in [4.69, 9.17) is 0 Å². The van der Waals surface area contributed by atoms with Crippen LogP contribution in [0.15, 0.2) is 0 Å². The molecule has 8 heteroatoms. The number of carbonyl (C=O) groups is 1. The molecule has 0 bridgehead atoms. The van der Waals surface area contributed by atoms with E-state index < -0.39 is 21.8 Å². The van der Waals surface area contributed by atoms with Gasteiger partial charge in [0.15, 0.2) is 0 Å². The van der Waals surface area contributed by atoms with Crippen molar-refractivity contribution in [3.63, 3.8) is 0 Å². The van der Waals surface area contributed by atoms with Gasteiger partial charge in [0, 0.05) is 19.0 Å². The van der Waals surface area contributed by atoms with E-state index >= 15 is 0 Å². The lowest BCUT2D eigenvalue weighted by molar-refractivity contribution is -0.119. The second kappa shape index (κ2) is 3.54. The second-order valence-electron chi connectivity index (χ2n) is 2.63. The summed E-state index contributed by atoms with van der Waals surface area (Å²) in [4.78, 5) is 10.6. The van der Waals surface area contributed by atoms with Gasteiger partial charge in [-0.05, 0) is 0 Å². The lowest BCUT2D eigenvalue weighted by Gasteiger charge is -2.09. The standard InChI is InChI=1S/C5H8F2N2O3S/c6-5(7)13(11,12)9-3-1-4(10)8-2-3/h3,5,9H,1-2H2,(H,8,10). The smallest absolute Gasteiger partial charge is 0.350 e. The molecule has 1 unspecified atom stereocenters. The fraction of sp³-hybridized carbons (Fsp3) is 0.800. The van der Waals surface area contributed by atoms with Crippen molar-refractivity contribution in [1.29, 1.82) is 0 Å². The van der Waals surface area contributed by atoms with E-state index in [1.54, 1.807) is 4.72 Å². The van der Waals surface area contributed by atoms with Gasteiger partial charge >= 0.3 is 5.76 Å². The number of rotatable bonds is 3. The van der Waals surface area contributed by atoms with Gasteiger partial charge in [0.2, 0.25) is 5.91 Å². The summed E-state index contributed by atoms with van der Waals surface area (Å²) in [6.07, 6.45) is -0.0913. The van der Waals surface area contributed by atoms with Crippen molar-refractivity contribution >= 4 is 15.9 Å². The molecule has 0 radical (unpaired) electrons. The molecule has 1 heterocycles. The average Bonchev–Trinajstić information content (AvgIpc) is 2.34. The summed E-state index contributed by atoms with van der Waals surface area (Å²) < 4.78 is 46.5. The third-order valence-electron chi connectivity index (χ3n) is 1.54. The number of hydrogen-bond acceptors (Lipinski definition) is 3. The van der Waals surface area contributed by atoms with Gasteiger partial charge in [-0.15, -0.1) is 0 Å². The van der Waals surface area contributed by atoms with Crippen LogP contribution in [0, 0.1) is 0 Å². The summed E-state index contributed by atoms with van der Waals surface area (Å²) in [7, 11) is -4.58. The van der Waals surface area contributed by atoms with Crippen LogP contribution in [0.2, 0.25) is 0 Å². The van der Waals surface area contributed by atoms with Crippen molar-refractivity contribution in [3.05, 3.63) is 0 Å². The maximum atomic E-state index is 11.8. The molecular weight excluding hydrogens is 206 g/mol. The minimum absolute atomic E-state index is 0.0603. The van der Waals surface area contributed by atoms with Crippen LogP contribution in [0.3, 0.4) is 0 Å². The number of sulfonamides is 1. The van der Waals surface area contributed by atoms with Crippen LogP contribution >= 0.6 is 0 Å². The maximum absolute atomic E-state index is 11.8. The van der Waals surface area contributed by atoms with Crippen LogP contribution in [-0.4, -0.2) is 32.7 Å². The summed E-state index contributed by atoms with van der Waals surface area (Å²) in [5.74, 6) is -3.80. The Kier molecular flexibility index (Phi) is 2.81. The molecule has 1 aliphatic rings. The molecule has 0 aromatic carbocycles. The van der Waals surface area contributed by atoms with Crippen LogP contribution in [0.5, 0.6) is 0 Å². The van der Waals surface area contributed by atoms with Gasteiger partial charge in [-0.2, -0.15) is 8.78 Å². The number of halogens is 2. The highest BCUT2D eigenvalue weighted by molar-refractivity contribution is 7.89.